The molecule has 5 amide bonds. The number of H-pyrrole nitrogens is 1. The number of aromatic amines is 1. The summed E-state index contributed by atoms with van der Waals surface area (Å²) in [6.07, 6.45) is 4.84. The second kappa shape index (κ2) is 17.6. The molecule has 0 unspecified atom stereocenters. The van der Waals surface area contributed by atoms with E-state index in [4.69, 9.17) is 14.5 Å². The maximum Gasteiger partial charge on any atom is 0.407 e. The Morgan fingerprint density at radius 1 is 0.817 bits per heavy atom. The Kier molecular flexibility index (Phi) is 12.3. The number of hydrogen-bond acceptors (Lipinski definition) is 8. The quantitative estimate of drug-likeness (QED) is 0.116. The molecule has 2 fully saturated rings. The van der Waals surface area contributed by atoms with E-state index in [-0.39, 0.29) is 35.1 Å². The number of aromatic nitrogens is 2. The lowest BCUT2D eigenvalue weighted by atomic mass is 9.73. The molecule has 1 aliphatic carbocycles. The van der Waals surface area contributed by atoms with Crippen LogP contribution in [0.1, 0.15) is 101 Å². The first-order valence-corrected chi connectivity index (χ1v) is 20.9. The monoisotopic (exact) mass is 817 g/mol. The van der Waals surface area contributed by atoms with Crippen molar-refractivity contribution in [2.75, 3.05) is 32.6 Å². The van der Waals surface area contributed by atoms with Crippen molar-refractivity contribution in [2.45, 2.75) is 95.8 Å². The van der Waals surface area contributed by atoms with Gasteiger partial charge in [0.2, 0.25) is 11.8 Å². The van der Waals surface area contributed by atoms with Crippen molar-refractivity contribution in [3.05, 3.63) is 95.4 Å². The number of imidazole rings is 1. The average molecular weight is 818 g/mol. The third kappa shape index (κ3) is 7.82. The molecule has 7 rings (SSSR count). The van der Waals surface area contributed by atoms with Gasteiger partial charge in [-0.25, -0.2) is 14.6 Å². The standard InChI is InChI=1S/C46H55N7O7/c1-7-46(8-2)33-24-29(35-26-47-40(49-35)36-16-12-22-52(36)42(55)38(27(3)4)50-44(57)59-5)18-20-31(33)32-21-19-30(25-34(32)46)48-41(54)37-17-13-23-53(37)43(56)39(51-45(58)60-6)28-14-10-9-11-15-28/h9-11,14-15,18-21,24-27,36-39H,7-8,12-13,16-17,22-23H2,1-6H3,(H,47,49)(H,48,54)(H,50,57)(H,51,58)/t36-,37-,38+,39+/m0/s1. The summed E-state index contributed by atoms with van der Waals surface area (Å²) in [6, 6.07) is 18.8. The summed E-state index contributed by atoms with van der Waals surface area (Å²) < 4.78 is 9.61. The number of nitrogens with one attached hydrogen (secondary N) is 4. The van der Waals surface area contributed by atoms with Gasteiger partial charge in [-0.2, -0.15) is 0 Å². The van der Waals surface area contributed by atoms with Crippen LogP contribution in [0.3, 0.4) is 0 Å². The zero-order valence-electron chi connectivity index (χ0n) is 35.2. The van der Waals surface area contributed by atoms with E-state index in [1.165, 1.54) is 19.8 Å². The predicted octanol–water partition coefficient (Wildman–Crippen LogP) is 7.23. The summed E-state index contributed by atoms with van der Waals surface area (Å²) in [6.45, 7) is 9.13. The first kappa shape index (κ1) is 42.0. The van der Waals surface area contributed by atoms with E-state index in [0.717, 1.165) is 53.6 Å². The van der Waals surface area contributed by atoms with Crippen LogP contribution in [0.4, 0.5) is 15.3 Å². The molecule has 2 saturated heterocycles. The van der Waals surface area contributed by atoms with E-state index in [9.17, 15) is 24.0 Å². The van der Waals surface area contributed by atoms with Crippen LogP contribution in [0.5, 0.6) is 0 Å². The summed E-state index contributed by atoms with van der Waals surface area (Å²) in [5, 5.41) is 8.50. The second-order valence-corrected chi connectivity index (χ2v) is 16.2. The Labute approximate surface area is 350 Å². The third-order valence-electron chi connectivity index (χ3n) is 12.7. The number of fused-ring (bicyclic) bond motifs is 3. The molecule has 1 aromatic heterocycles. The van der Waals surface area contributed by atoms with E-state index in [0.29, 0.717) is 43.0 Å². The first-order valence-electron chi connectivity index (χ1n) is 20.9. The number of anilines is 1. The third-order valence-corrected chi connectivity index (χ3v) is 12.7. The van der Waals surface area contributed by atoms with Crippen molar-refractivity contribution in [2.24, 2.45) is 5.92 Å². The van der Waals surface area contributed by atoms with Crippen molar-refractivity contribution >= 4 is 35.6 Å². The Morgan fingerprint density at radius 2 is 1.47 bits per heavy atom. The van der Waals surface area contributed by atoms with Crippen LogP contribution in [0.2, 0.25) is 0 Å². The number of amides is 5. The second-order valence-electron chi connectivity index (χ2n) is 16.2. The van der Waals surface area contributed by atoms with E-state index in [1.807, 2.05) is 37.1 Å². The van der Waals surface area contributed by atoms with Gasteiger partial charge < -0.3 is 40.2 Å². The molecule has 2 aliphatic heterocycles. The number of likely N-dealkylation sites (tertiary alicyclic amines) is 2. The predicted molar refractivity (Wildman–Crippen MR) is 227 cm³/mol. The number of carbonyl (C=O) groups excluding carboxylic acids is 5. The highest BCUT2D eigenvalue weighted by molar-refractivity contribution is 5.99. The Hall–Kier alpha value is -6.18. The van der Waals surface area contributed by atoms with Gasteiger partial charge in [0.05, 0.1) is 32.2 Å². The van der Waals surface area contributed by atoms with Gasteiger partial charge in [-0.05, 0) is 96.0 Å². The zero-order chi connectivity index (χ0) is 42.7. The lowest BCUT2D eigenvalue weighted by Gasteiger charge is -2.30. The van der Waals surface area contributed by atoms with Gasteiger partial charge in [0, 0.05) is 24.2 Å². The molecule has 14 heteroatoms. The van der Waals surface area contributed by atoms with Gasteiger partial charge in [-0.1, -0.05) is 76.2 Å². The fourth-order valence-electron chi connectivity index (χ4n) is 9.40. The molecule has 316 valence electrons. The molecule has 3 aromatic carbocycles. The molecule has 0 saturated carbocycles. The Balaban J connectivity index is 1.11. The van der Waals surface area contributed by atoms with E-state index in [2.05, 4.69) is 65.1 Å². The highest BCUT2D eigenvalue weighted by Gasteiger charge is 2.43. The molecule has 60 heavy (non-hydrogen) atoms. The number of nitrogens with zero attached hydrogens (tertiary/aromatic N) is 3. The Morgan fingerprint density at radius 3 is 2.15 bits per heavy atom. The van der Waals surface area contributed by atoms with Gasteiger partial charge in [-0.15, -0.1) is 0 Å². The normalized spacial score (nSPS) is 18.6. The molecule has 4 N–H and O–H groups in total. The summed E-state index contributed by atoms with van der Waals surface area (Å²) in [5.74, 6) is -0.229. The van der Waals surface area contributed by atoms with Gasteiger partial charge >= 0.3 is 12.2 Å². The fraction of sp³-hybridized carbons (Fsp3) is 0.435. The lowest BCUT2D eigenvalue weighted by molar-refractivity contribution is -0.138. The van der Waals surface area contributed by atoms with Gasteiger partial charge in [-0.3, -0.25) is 14.4 Å². The topological polar surface area (TPSA) is 175 Å². The average Bonchev–Trinajstić information content (AvgIpc) is 4.10. The molecule has 4 aromatic rings. The van der Waals surface area contributed by atoms with E-state index in [1.54, 1.807) is 29.2 Å². The van der Waals surface area contributed by atoms with E-state index < -0.39 is 30.3 Å². The minimum Gasteiger partial charge on any atom is -0.453 e. The molecule has 0 bridgehead atoms. The summed E-state index contributed by atoms with van der Waals surface area (Å²) in [5.41, 5.74) is 7.33. The molecule has 3 aliphatic rings. The van der Waals surface area contributed by atoms with Crippen LogP contribution in [0, 0.1) is 5.92 Å². The Bertz CT molecular complexity index is 2250. The molecular formula is C46H55N7O7. The molecule has 3 heterocycles. The molecule has 0 radical (unpaired) electrons. The van der Waals surface area contributed by atoms with Crippen LogP contribution >= 0.6 is 0 Å². The summed E-state index contributed by atoms with van der Waals surface area (Å²) in [7, 11) is 2.53. The van der Waals surface area contributed by atoms with Gasteiger partial charge in [0.25, 0.3) is 5.91 Å². The number of benzene rings is 3. The minimum absolute atomic E-state index is 0.130. The fourth-order valence-corrected chi connectivity index (χ4v) is 9.40. The summed E-state index contributed by atoms with van der Waals surface area (Å²) in [4.78, 5) is 77.7. The highest BCUT2D eigenvalue weighted by Crippen LogP contribution is 2.54. The first-order chi connectivity index (χ1) is 28.9. The van der Waals surface area contributed by atoms with Crippen molar-refractivity contribution in [3.8, 4) is 22.4 Å². The van der Waals surface area contributed by atoms with Gasteiger partial charge in [0.15, 0.2) is 0 Å². The number of ether oxygens (including phenoxy) is 2. The number of rotatable bonds is 12. The smallest absolute Gasteiger partial charge is 0.407 e. The zero-order valence-corrected chi connectivity index (χ0v) is 35.2. The van der Waals surface area contributed by atoms with Crippen molar-refractivity contribution in [1.29, 1.82) is 0 Å². The van der Waals surface area contributed by atoms with Crippen molar-refractivity contribution in [3.63, 3.8) is 0 Å². The number of hydrogen-bond donors (Lipinski definition) is 4. The molecular weight excluding hydrogens is 763 g/mol. The van der Waals surface area contributed by atoms with E-state index >= 15 is 0 Å². The largest absolute Gasteiger partial charge is 0.453 e. The number of carbonyl (C=O) groups is 5. The highest BCUT2D eigenvalue weighted by atomic mass is 16.5. The van der Waals surface area contributed by atoms with Crippen LogP contribution in [-0.2, 0) is 29.3 Å². The van der Waals surface area contributed by atoms with Crippen LogP contribution in [0.25, 0.3) is 22.4 Å². The summed E-state index contributed by atoms with van der Waals surface area (Å²) >= 11 is 0. The van der Waals surface area contributed by atoms with Crippen LogP contribution in [0.15, 0.2) is 72.9 Å². The van der Waals surface area contributed by atoms with Crippen molar-refractivity contribution < 1.29 is 33.4 Å². The van der Waals surface area contributed by atoms with Crippen LogP contribution < -0.4 is 16.0 Å². The number of methoxy groups -OCH3 is 2. The van der Waals surface area contributed by atoms with Gasteiger partial charge in [0.1, 0.15) is 23.9 Å². The lowest BCUT2D eigenvalue weighted by Crippen LogP contribution is -2.51. The van der Waals surface area contributed by atoms with Crippen LogP contribution in [-0.4, -0.2) is 89.1 Å². The SMILES string of the molecule is CCC1(CC)c2cc(NC(=O)[C@@H]3CCCN3C(=O)[C@H](NC(=O)OC)c3ccccc3)ccc2-c2ccc(-c3cnc([C@@H]4CCCN4C(=O)[C@H](NC(=O)OC)C(C)C)[nH]3)cc21. The molecule has 0 spiro atoms. The molecule has 4 atom stereocenters. The molecule has 14 nitrogen and oxygen atoms in total. The van der Waals surface area contributed by atoms with Crippen molar-refractivity contribution in [1.82, 2.24) is 30.4 Å². The number of alkyl carbamates (subject to hydrolysis) is 2. The minimum atomic E-state index is -1.00. The maximum atomic E-state index is 14.0. The maximum absolute atomic E-state index is 14.0.